The van der Waals surface area contributed by atoms with Crippen LogP contribution in [-0.2, 0) is 11.3 Å². The van der Waals surface area contributed by atoms with Gasteiger partial charge in [0.15, 0.2) is 0 Å². The zero-order valence-corrected chi connectivity index (χ0v) is 11.9. The van der Waals surface area contributed by atoms with Crippen molar-refractivity contribution in [3.63, 3.8) is 0 Å². The van der Waals surface area contributed by atoms with Crippen molar-refractivity contribution in [1.29, 1.82) is 0 Å². The van der Waals surface area contributed by atoms with Gasteiger partial charge in [-0.05, 0) is 36.1 Å². The second-order valence-corrected chi connectivity index (χ2v) is 5.11. The van der Waals surface area contributed by atoms with E-state index in [0.29, 0.717) is 12.2 Å². The number of thioether (sulfide) groups is 1. The molecular weight excluding hydrogens is 283 g/mol. The van der Waals surface area contributed by atoms with Gasteiger partial charge >= 0.3 is 12.0 Å². The molecule has 0 fully saturated rings. The van der Waals surface area contributed by atoms with Crippen LogP contribution in [0.25, 0.3) is 0 Å². The van der Waals surface area contributed by atoms with Gasteiger partial charge in [-0.1, -0.05) is 12.1 Å². The highest BCUT2D eigenvalue weighted by Gasteiger charge is 2.18. The van der Waals surface area contributed by atoms with Crippen LogP contribution in [0.5, 0.6) is 0 Å². The molecule has 1 aromatic carbocycles. The van der Waals surface area contributed by atoms with E-state index in [1.807, 2.05) is 6.26 Å². The molecule has 0 spiro atoms. The predicted molar refractivity (Wildman–Crippen MR) is 76.2 cm³/mol. The van der Waals surface area contributed by atoms with E-state index >= 15 is 0 Å². The van der Waals surface area contributed by atoms with Crippen LogP contribution in [0.15, 0.2) is 24.3 Å². The van der Waals surface area contributed by atoms with Gasteiger partial charge in [0.25, 0.3) is 0 Å². The van der Waals surface area contributed by atoms with Crippen molar-refractivity contribution in [3.05, 3.63) is 35.6 Å². The fraction of sp³-hybridized carbons (Fsp3) is 0.385. The van der Waals surface area contributed by atoms with Crippen molar-refractivity contribution in [2.24, 2.45) is 0 Å². The normalized spacial score (nSPS) is 11.7. The van der Waals surface area contributed by atoms with Crippen LogP contribution in [0.4, 0.5) is 9.18 Å². The minimum atomic E-state index is -1.06. The summed E-state index contributed by atoms with van der Waals surface area (Å²) in [6, 6.07) is 4.25. The number of carbonyl (C=O) groups excluding carboxylic acids is 1. The summed E-state index contributed by atoms with van der Waals surface area (Å²) in [5, 5.41) is 13.9. The molecule has 0 bridgehead atoms. The molecule has 0 aromatic heterocycles. The van der Waals surface area contributed by atoms with Gasteiger partial charge in [-0.25, -0.2) is 14.0 Å². The summed E-state index contributed by atoms with van der Waals surface area (Å²) in [4.78, 5) is 22.6. The third-order valence-electron chi connectivity index (χ3n) is 2.58. The first-order valence-corrected chi connectivity index (χ1v) is 7.43. The van der Waals surface area contributed by atoms with E-state index in [4.69, 9.17) is 5.11 Å². The van der Waals surface area contributed by atoms with E-state index in [-0.39, 0.29) is 12.4 Å². The zero-order valence-electron chi connectivity index (χ0n) is 11.1. The van der Waals surface area contributed by atoms with Crippen molar-refractivity contribution in [3.8, 4) is 0 Å². The number of benzene rings is 1. The molecule has 110 valence electrons. The molecule has 5 nitrogen and oxygen atoms in total. The Morgan fingerprint density at radius 2 is 2.00 bits per heavy atom. The molecule has 0 saturated heterocycles. The summed E-state index contributed by atoms with van der Waals surface area (Å²) in [6.07, 6.45) is 2.23. The van der Waals surface area contributed by atoms with Gasteiger partial charge in [0, 0.05) is 6.54 Å². The van der Waals surface area contributed by atoms with Crippen LogP contribution in [-0.4, -0.2) is 35.2 Å². The summed E-state index contributed by atoms with van der Waals surface area (Å²) in [5.41, 5.74) is 0.734. The van der Waals surface area contributed by atoms with Gasteiger partial charge in [0.2, 0.25) is 0 Å². The van der Waals surface area contributed by atoms with Gasteiger partial charge in [0.1, 0.15) is 11.9 Å². The van der Waals surface area contributed by atoms with E-state index in [1.54, 1.807) is 12.1 Å². The van der Waals surface area contributed by atoms with Crippen LogP contribution < -0.4 is 10.6 Å². The van der Waals surface area contributed by atoms with Crippen LogP contribution in [0.1, 0.15) is 12.0 Å². The van der Waals surface area contributed by atoms with Gasteiger partial charge in [-0.2, -0.15) is 11.8 Å². The lowest BCUT2D eigenvalue weighted by molar-refractivity contribution is -0.139. The van der Waals surface area contributed by atoms with Crippen molar-refractivity contribution >= 4 is 23.8 Å². The largest absolute Gasteiger partial charge is 0.480 e. The zero-order chi connectivity index (χ0) is 15.0. The van der Waals surface area contributed by atoms with E-state index in [9.17, 15) is 14.0 Å². The Labute approximate surface area is 120 Å². The maximum atomic E-state index is 12.7. The molecule has 3 N–H and O–H groups in total. The Morgan fingerprint density at radius 1 is 1.35 bits per heavy atom. The molecule has 1 rings (SSSR count). The minimum Gasteiger partial charge on any atom is -0.480 e. The fourth-order valence-corrected chi connectivity index (χ4v) is 1.96. The van der Waals surface area contributed by atoms with E-state index in [2.05, 4.69) is 10.6 Å². The number of aliphatic carboxylic acids is 1. The first-order valence-electron chi connectivity index (χ1n) is 6.03. The second kappa shape index (κ2) is 8.42. The molecular formula is C13H17FN2O3S. The van der Waals surface area contributed by atoms with Crippen molar-refractivity contribution < 1.29 is 19.1 Å². The fourth-order valence-electron chi connectivity index (χ4n) is 1.49. The molecule has 2 amide bonds. The molecule has 1 atom stereocenters. The van der Waals surface area contributed by atoms with Crippen LogP contribution in [0.2, 0.25) is 0 Å². The summed E-state index contributed by atoms with van der Waals surface area (Å²) in [6.45, 7) is 0.209. The number of hydrogen-bond acceptors (Lipinski definition) is 3. The van der Waals surface area contributed by atoms with Crippen LogP contribution in [0.3, 0.4) is 0 Å². The smallest absolute Gasteiger partial charge is 0.326 e. The number of carboxylic acid groups (broad SMARTS) is 1. The monoisotopic (exact) mass is 300 g/mol. The van der Waals surface area contributed by atoms with Crippen molar-refractivity contribution in [2.45, 2.75) is 19.0 Å². The number of hydrogen-bond donors (Lipinski definition) is 3. The number of nitrogens with one attached hydrogen (secondary N) is 2. The van der Waals surface area contributed by atoms with Crippen LogP contribution >= 0.6 is 11.8 Å². The third kappa shape index (κ3) is 5.92. The van der Waals surface area contributed by atoms with E-state index in [1.165, 1.54) is 23.9 Å². The highest BCUT2D eigenvalue weighted by molar-refractivity contribution is 7.98. The SMILES string of the molecule is CSCC[C@@H](NC(=O)NCc1ccc(F)cc1)C(=O)O. The summed E-state index contributed by atoms with van der Waals surface area (Å²) in [5.74, 6) is -0.757. The lowest BCUT2D eigenvalue weighted by atomic mass is 10.2. The highest BCUT2D eigenvalue weighted by Crippen LogP contribution is 2.03. The molecule has 0 heterocycles. The minimum absolute atomic E-state index is 0.209. The van der Waals surface area contributed by atoms with Gasteiger partial charge < -0.3 is 15.7 Å². The summed E-state index contributed by atoms with van der Waals surface area (Å²) >= 11 is 1.52. The van der Waals surface area contributed by atoms with E-state index in [0.717, 1.165) is 5.56 Å². The van der Waals surface area contributed by atoms with Crippen molar-refractivity contribution in [1.82, 2.24) is 10.6 Å². The standard InChI is InChI=1S/C13H17FN2O3S/c1-20-7-6-11(12(17)18)16-13(19)15-8-9-2-4-10(14)5-3-9/h2-5,11H,6-8H2,1H3,(H,17,18)(H2,15,16,19)/t11-/m1/s1. The molecule has 7 heteroatoms. The average molecular weight is 300 g/mol. The number of urea groups is 1. The number of amides is 2. The Hall–Kier alpha value is -1.76. The average Bonchev–Trinajstić information content (AvgIpc) is 2.42. The molecule has 0 aliphatic rings. The number of rotatable bonds is 7. The first-order chi connectivity index (χ1) is 9.52. The predicted octanol–water partition coefficient (Wildman–Crippen LogP) is 1.83. The topological polar surface area (TPSA) is 78.4 Å². The molecule has 0 radical (unpaired) electrons. The van der Waals surface area contributed by atoms with E-state index < -0.39 is 18.0 Å². The Kier molecular flexibility index (Phi) is 6.86. The maximum Gasteiger partial charge on any atom is 0.326 e. The second-order valence-electron chi connectivity index (χ2n) is 4.13. The third-order valence-corrected chi connectivity index (χ3v) is 3.22. The Morgan fingerprint density at radius 3 is 2.55 bits per heavy atom. The Balaban J connectivity index is 2.41. The number of carbonyl (C=O) groups is 2. The Bertz CT molecular complexity index is 453. The molecule has 0 unspecified atom stereocenters. The van der Waals surface area contributed by atoms with Gasteiger partial charge in [-0.3, -0.25) is 0 Å². The molecule has 1 aromatic rings. The first kappa shape index (κ1) is 16.3. The molecule has 0 saturated carbocycles. The number of halogens is 1. The molecule has 0 aliphatic carbocycles. The summed E-state index contributed by atoms with van der Waals surface area (Å²) < 4.78 is 12.7. The molecule has 0 aliphatic heterocycles. The molecule has 20 heavy (non-hydrogen) atoms. The maximum absolute atomic E-state index is 12.7. The van der Waals surface area contributed by atoms with Gasteiger partial charge in [-0.15, -0.1) is 0 Å². The summed E-state index contributed by atoms with van der Waals surface area (Å²) in [7, 11) is 0. The lowest BCUT2D eigenvalue weighted by Gasteiger charge is -2.14. The van der Waals surface area contributed by atoms with Gasteiger partial charge in [0.05, 0.1) is 0 Å². The highest BCUT2D eigenvalue weighted by atomic mass is 32.2. The van der Waals surface area contributed by atoms with Crippen molar-refractivity contribution in [2.75, 3.05) is 12.0 Å². The quantitative estimate of drug-likeness (QED) is 0.718. The lowest BCUT2D eigenvalue weighted by Crippen LogP contribution is -2.46. The number of carboxylic acids is 1. The van der Waals surface area contributed by atoms with Crippen LogP contribution in [0, 0.1) is 5.82 Å².